The molecule has 0 saturated carbocycles. The topological polar surface area (TPSA) is 21.7 Å². The molecule has 1 aromatic rings. The van der Waals surface area contributed by atoms with E-state index in [1.807, 2.05) is 12.1 Å². The van der Waals surface area contributed by atoms with Gasteiger partial charge in [-0.2, -0.15) is 0 Å². The molecule has 0 N–H and O–H groups in total. The maximum atomic E-state index is 5.62. The van der Waals surface area contributed by atoms with Gasteiger partial charge in [0.2, 0.25) is 0 Å². The van der Waals surface area contributed by atoms with Gasteiger partial charge in [0.25, 0.3) is 0 Å². The Hall–Kier alpha value is -1.38. The molecule has 0 atom stereocenters. The number of benzene rings is 1. The Morgan fingerprint density at radius 2 is 2.20 bits per heavy atom. The molecule has 1 aliphatic heterocycles. The summed E-state index contributed by atoms with van der Waals surface area (Å²) in [5.74, 6) is 1.77. The Kier molecular flexibility index (Phi) is 2.71. The van der Waals surface area contributed by atoms with E-state index in [1.54, 1.807) is 7.11 Å². The zero-order valence-electron chi connectivity index (χ0n) is 9.49. The molecule has 15 heavy (non-hydrogen) atoms. The highest BCUT2D eigenvalue weighted by Crippen LogP contribution is 2.35. The summed E-state index contributed by atoms with van der Waals surface area (Å²) in [6.07, 6.45) is 0. The fourth-order valence-corrected chi connectivity index (χ4v) is 1.89. The molecule has 1 aromatic carbocycles. The van der Waals surface area contributed by atoms with Crippen molar-refractivity contribution in [1.29, 1.82) is 0 Å². The van der Waals surface area contributed by atoms with Crippen LogP contribution in [0.4, 0.5) is 5.69 Å². The summed E-state index contributed by atoms with van der Waals surface area (Å²) in [6, 6.07) is 6.49. The number of hydrogen-bond acceptors (Lipinski definition) is 3. The van der Waals surface area contributed by atoms with Gasteiger partial charge in [-0.15, -0.1) is 0 Å². The van der Waals surface area contributed by atoms with Crippen LogP contribution < -0.4 is 14.4 Å². The van der Waals surface area contributed by atoms with Crippen molar-refractivity contribution in [2.75, 3.05) is 25.2 Å². The lowest BCUT2D eigenvalue weighted by Gasteiger charge is -2.34. The SMILES string of the molecule is COc1ccc2c(c1)OCCN2C(C)C. The van der Waals surface area contributed by atoms with E-state index in [-0.39, 0.29) is 0 Å². The molecule has 0 aliphatic carbocycles. The monoisotopic (exact) mass is 207 g/mol. The van der Waals surface area contributed by atoms with Gasteiger partial charge in [-0.1, -0.05) is 0 Å². The summed E-state index contributed by atoms with van der Waals surface area (Å²) in [6.45, 7) is 6.09. The number of nitrogens with zero attached hydrogens (tertiary/aromatic N) is 1. The molecule has 0 amide bonds. The van der Waals surface area contributed by atoms with Crippen LogP contribution in [0.1, 0.15) is 13.8 Å². The van der Waals surface area contributed by atoms with E-state index in [0.717, 1.165) is 30.3 Å². The Morgan fingerprint density at radius 1 is 1.40 bits per heavy atom. The van der Waals surface area contributed by atoms with Gasteiger partial charge in [0.15, 0.2) is 0 Å². The lowest BCUT2D eigenvalue weighted by molar-refractivity contribution is 0.300. The molecular formula is C12H17NO2. The van der Waals surface area contributed by atoms with Gasteiger partial charge in [0.1, 0.15) is 18.1 Å². The third-order valence-electron chi connectivity index (χ3n) is 2.69. The number of anilines is 1. The summed E-state index contributed by atoms with van der Waals surface area (Å²) in [5.41, 5.74) is 1.16. The van der Waals surface area contributed by atoms with Crippen molar-refractivity contribution in [3.8, 4) is 11.5 Å². The van der Waals surface area contributed by atoms with Crippen molar-refractivity contribution in [3.05, 3.63) is 18.2 Å². The first kappa shape index (κ1) is 10.1. The minimum Gasteiger partial charge on any atom is -0.497 e. The second kappa shape index (κ2) is 4.01. The predicted molar refractivity (Wildman–Crippen MR) is 61.0 cm³/mol. The van der Waals surface area contributed by atoms with E-state index in [4.69, 9.17) is 9.47 Å². The van der Waals surface area contributed by atoms with Gasteiger partial charge < -0.3 is 14.4 Å². The minimum absolute atomic E-state index is 0.501. The minimum atomic E-state index is 0.501. The highest BCUT2D eigenvalue weighted by Gasteiger charge is 2.20. The Morgan fingerprint density at radius 3 is 2.87 bits per heavy atom. The summed E-state index contributed by atoms with van der Waals surface area (Å²) >= 11 is 0. The van der Waals surface area contributed by atoms with Crippen LogP contribution in [0.2, 0.25) is 0 Å². The van der Waals surface area contributed by atoms with E-state index in [1.165, 1.54) is 0 Å². The summed E-state index contributed by atoms with van der Waals surface area (Å²) in [7, 11) is 1.67. The summed E-state index contributed by atoms with van der Waals surface area (Å²) in [5, 5.41) is 0. The molecule has 0 saturated heterocycles. The van der Waals surface area contributed by atoms with E-state index >= 15 is 0 Å². The number of fused-ring (bicyclic) bond motifs is 1. The molecule has 3 heteroatoms. The standard InChI is InChI=1S/C12H17NO2/c1-9(2)13-6-7-15-12-8-10(14-3)4-5-11(12)13/h4-5,8-9H,6-7H2,1-3H3. The van der Waals surface area contributed by atoms with Crippen LogP contribution in [0, 0.1) is 0 Å². The predicted octanol–water partition coefficient (Wildman–Crippen LogP) is 2.30. The van der Waals surface area contributed by atoms with E-state index in [2.05, 4.69) is 24.8 Å². The number of ether oxygens (including phenoxy) is 2. The number of methoxy groups -OCH3 is 1. The molecule has 0 unspecified atom stereocenters. The van der Waals surface area contributed by atoms with Crippen LogP contribution >= 0.6 is 0 Å². The average Bonchev–Trinajstić information content (AvgIpc) is 2.27. The van der Waals surface area contributed by atoms with Crippen LogP contribution in [-0.4, -0.2) is 26.3 Å². The Bertz CT molecular complexity index is 349. The molecule has 0 spiro atoms. The maximum Gasteiger partial charge on any atom is 0.146 e. The fourth-order valence-electron chi connectivity index (χ4n) is 1.89. The first-order chi connectivity index (χ1) is 7.22. The van der Waals surface area contributed by atoms with Gasteiger partial charge in [0, 0.05) is 12.1 Å². The molecule has 1 heterocycles. The van der Waals surface area contributed by atoms with Crippen molar-refractivity contribution in [2.45, 2.75) is 19.9 Å². The van der Waals surface area contributed by atoms with Crippen LogP contribution in [0.25, 0.3) is 0 Å². The molecule has 2 rings (SSSR count). The highest BCUT2D eigenvalue weighted by molar-refractivity contribution is 5.62. The Labute approximate surface area is 90.6 Å². The normalized spacial score (nSPS) is 14.8. The van der Waals surface area contributed by atoms with Crippen molar-refractivity contribution >= 4 is 5.69 Å². The molecule has 0 aromatic heterocycles. The quantitative estimate of drug-likeness (QED) is 0.742. The zero-order chi connectivity index (χ0) is 10.8. The van der Waals surface area contributed by atoms with Crippen LogP contribution in [0.3, 0.4) is 0 Å². The molecule has 1 aliphatic rings. The van der Waals surface area contributed by atoms with Gasteiger partial charge in [0.05, 0.1) is 19.3 Å². The number of rotatable bonds is 2. The fraction of sp³-hybridized carbons (Fsp3) is 0.500. The highest BCUT2D eigenvalue weighted by atomic mass is 16.5. The van der Waals surface area contributed by atoms with Crippen molar-refractivity contribution in [3.63, 3.8) is 0 Å². The molecule has 82 valence electrons. The zero-order valence-corrected chi connectivity index (χ0v) is 9.49. The van der Waals surface area contributed by atoms with Gasteiger partial charge >= 0.3 is 0 Å². The maximum absolute atomic E-state index is 5.62. The second-order valence-corrected chi connectivity index (χ2v) is 3.97. The molecule has 3 nitrogen and oxygen atoms in total. The lowest BCUT2D eigenvalue weighted by Crippen LogP contribution is -2.37. The number of hydrogen-bond donors (Lipinski definition) is 0. The largest absolute Gasteiger partial charge is 0.497 e. The molecule has 0 radical (unpaired) electrons. The smallest absolute Gasteiger partial charge is 0.146 e. The Balaban J connectivity index is 2.36. The van der Waals surface area contributed by atoms with Gasteiger partial charge in [-0.3, -0.25) is 0 Å². The van der Waals surface area contributed by atoms with E-state index < -0.39 is 0 Å². The lowest BCUT2D eigenvalue weighted by atomic mass is 10.2. The summed E-state index contributed by atoms with van der Waals surface area (Å²) in [4.78, 5) is 2.35. The summed E-state index contributed by atoms with van der Waals surface area (Å²) < 4.78 is 10.8. The van der Waals surface area contributed by atoms with Crippen molar-refractivity contribution in [2.24, 2.45) is 0 Å². The van der Waals surface area contributed by atoms with E-state index in [0.29, 0.717) is 6.04 Å². The average molecular weight is 207 g/mol. The molecular weight excluding hydrogens is 190 g/mol. The van der Waals surface area contributed by atoms with Crippen molar-refractivity contribution in [1.82, 2.24) is 0 Å². The third kappa shape index (κ3) is 1.87. The van der Waals surface area contributed by atoms with Gasteiger partial charge in [-0.25, -0.2) is 0 Å². The first-order valence-corrected chi connectivity index (χ1v) is 5.30. The molecule has 0 bridgehead atoms. The van der Waals surface area contributed by atoms with Crippen LogP contribution in [0.5, 0.6) is 11.5 Å². The molecule has 0 fully saturated rings. The second-order valence-electron chi connectivity index (χ2n) is 3.97. The van der Waals surface area contributed by atoms with E-state index in [9.17, 15) is 0 Å². The van der Waals surface area contributed by atoms with Crippen LogP contribution in [0.15, 0.2) is 18.2 Å². The third-order valence-corrected chi connectivity index (χ3v) is 2.69. The van der Waals surface area contributed by atoms with Crippen LogP contribution in [-0.2, 0) is 0 Å². The van der Waals surface area contributed by atoms with Crippen molar-refractivity contribution < 1.29 is 9.47 Å². The van der Waals surface area contributed by atoms with Gasteiger partial charge in [-0.05, 0) is 26.0 Å². The first-order valence-electron chi connectivity index (χ1n) is 5.30.